The van der Waals surface area contributed by atoms with Gasteiger partial charge in [-0.1, -0.05) is 24.3 Å². The van der Waals surface area contributed by atoms with Crippen molar-refractivity contribution in [1.82, 2.24) is 4.98 Å². The van der Waals surface area contributed by atoms with Crippen molar-refractivity contribution in [2.24, 2.45) is 0 Å². The number of rotatable bonds is 3. The predicted molar refractivity (Wildman–Crippen MR) is 67.9 cm³/mol. The Kier molecular flexibility index (Phi) is 2.91. The van der Waals surface area contributed by atoms with Crippen LogP contribution in [-0.4, -0.2) is 11.5 Å². The fourth-order valence-corrected chi connectivity index (χ4v) is 2.48. The van der Waals surface area contributed by atoms with Gasteiger partial charge in [0.2, 0.25) is 0 Å². The van der Waals surface area contributed by atoms with E-state index in [1.54, 1.807) is 11.3 Å². The molecule has 0 amide bonds. The highest BCUT2D eigenvalue weighted by Crippen LogP contribution is 2.29. The largest absolute Gasteiger partial charge is 0.361 e. The number of fused-ring (bicyclic) bond motifs is 1. The SMILES string of the molecule is CCCNc1nc2c(C)c(C)ccc2s1. The molecule has 0 aliphatic heterocycles. The summed E-state index contributed by atoms with van der Waals surface area (Å²) in [6, 6.07) is 4.33. The predicted octanol–water partition coefficient (Wildman–Crippen LogP) is 3.74. The smallest absolute Gasteiger partial charge is 0.183 e. The molecule has 1 N–H and O–H groups in total. The molecule has 0 spiro atoms. The molecule has 2 nitrogen and oxygen atoms in total. The quantitative estimate of drug-likeness (QED) is 0.852. The molecular formula is C12H16N2S. The Bertz CT molecular complexity index is 474. The third-order valence-corrected chi connectivity index (χ3v) is 3.59. The van der Waals surface area contributed by atoms with Crippen molar-refractivity contribution >= 4 is 26.7 Å². The van der Waals surface area contributed by atoms with E-state index in [4.69, 9.17) is 0 Å². The number of anilines is 1. The zero-order valence-electron chi connectivity index (χ0n) is 9.42. The Hall–Kier alpha value is -1.09. The Morgan fingerprint density at radius 2 is 2.13 bits per heavy atom. The monoisotopic (exact) mass is 220 g/mol. The van der Waals surface area contributed by atoms with Crippen molar-refractivity contribution in [2.45, 2.75) is 27.2 Å². The number of aryl methyl sites for hydroxylation is 2. The molecule has 0 saturated carbocycles. The first kappa shape index (κ1) is 10.4. The number of nitrogens with zero attached hydrogens (tertiary/aromatic N) is 1. The average molecular weight is 220 g/mol. The van der Waals surface area contributed by atoms with Gasteiger partial charge in [-0.05, 0) is 37.5 Å². The maximum absolute atomic E-state index is 4.62. The van der Waals surface area contributed by atoms with Gasteiger partial charge in [-0.15, -0.1) is 0 Å². The van der Waals surface area contributed by atoms with Crippen molar-refractivity contribution in [1.29, 1.82) is 0 Å². The molecule has 1 aromatic heterocycles. The van der Waals surface area contributed by atoms with Gasteiger partial charge < -0.3 is 5.32 Å². The summed E-state index contributed by atoms with van der Waals surface area (Å²) < 4.78 is 1.27. The summed E-state index contributed by atoms with van der Waals surface area (Å²) in [5.74, 6) is 0. The summed E-state index contributed by atoms with van der Waals surface area (Å²) in [5.41, 5.74) is 3.77. The lowest BCUT2D eigenvalue weighted by atomic mass is 10.1. The van der Waals surface area contributed by atoms with Gasteiger partial charge in [0, 0.05) is 6.54 Å². The molecule has 0 aliphatic carbocycles. The van der Waals surface area contributed by atoms with E-state index in [1.807, 2.05) is 0 Å². The van der Waals surface area contributed by atoms with Gasteiger partial charge in [-0.2, -0.15) is 0 Å². The Morgan fingerprint density at radius 3 is 2.87 bits per heavy atom. The van der Waals surface area contributed by atoms with Gasteiger partial charge in [0.1, 0.15) is 0 Å². The van der Waals surface area contributed by atoms with Gasteiger partial charge in [0.05, 0.1) is 10.2 Å². The fraction of sp³-hybridized carbons (Fsp3) is 0.417. The highest BCUT2D eigenvalue weighted by atomic mass is 32.1. The molecule has 2 rings (SSSR count). The van der Waals surface area contributed by atoms with Crippen LogP contribution in [0.1, 0.15) is 24.5 Å². The van der Waals surface area contributed by atoms with Crippen molar-refractivity contribution < 1.29 is 0 Å². The lowest BCUT2D eigenvalue weighted by Gasteiger charge is -1.98. The summed E-state index contributed by atoms with van der Waals surface area (Å²) >= 11 is 1.74. The molecule has 0 atom stereocenters. The van der Waals surface area contributed by atoms with Crippen LogP contribution >= 0.6 is 11.3 Å². The van der Waals surface area contributed by atoms with E-state index in [0.29, 0.717) is 0 Å². The molecule has 15 heavy (non-hydrogen) atoms. The Labute approximate surface area is 94.3 Å². The van der Waals surface area contributed by atoms with Gasteiger partial charge in [0.25, 0.3) is 0 Å². The van der Waals surface area contributed by atoms with E-state index < -0.39 is 0 Å². The van der Waals surface area contributed by atoms with Crippen LogP contribution in [0.25, 0.3) is 10.2 Å². The van der Waals surface area contributed by atoms with E-state index in [0.717, 1.165) is 23.6 Å². The maximum atomic E-state index is 4.62. The van der Waals surface area contributed by atoms with Crippen LogP contribution in [0.15, 0.2) is 12.1 Å². The summed E-state index contributed by atoms with van der Waals surface area (Å²) in [6.07, 6.45) is 1.13. The molecule has 1 heterocycles. The lowest BCUT2D eigenvalue weighted by Crippen LogP contribution is -1.98. The summed E-state index contributed by atoms with van der Waals surface area (Å²) in [7, 11) is 0. The number of benzene rings is 1. The molecule has 0 radical (unpaired) electrons. The third-order valence-electron chi connectivity index (χ3n) is 2.61. The molecular weight excluding hydrogens is 204 g/mol. The van der Waals surface area contributed by atoms with Crippen LogP contribution in [0.4, 0.5) is 5.13 Å². The Balaban J connectivity index is 2.42. The summed E-state index contributed by atoms with van der Waals surface area (Å²) in [6.45, 7) is 7.43. The van der Waals surface area contributed by atoms with Crippen LogP contribution in [0.2, 0.25) is 0 Å². The fourth-order valence-electron chi connectivity index (χ4n) is 1.53. The summed E-state index contributed by atoms with van der Waals surface area (Å²) in [4.78, 5) is 4.62. The third kappa shape index (κ3) is 1.97. The van der Waals surface area contributed by atoms with E-state index in [2.05, 4.69) is 43.2 Å². The highest BCUT2D eigenvalue weighted by Gasteiger charge is 2.06. The van der Waals surface area contributed by atoms with E-state index in [1.165, 1.54) is 15.8 Å². The first-order valence-corrected chi connectivity index (χ1v) is 6.14. The van der Waals surface area contributed by atoms with E-state index in [9.17, 15) is 0 Å². The first-order valence-electron chi connectivity index (χ1n) is 5.33. The summed E-state index contributed by atoms with van der Waals surface area (Å²) in [5, 5.41) is 4.38. The topological polar surface area (TPSA) is 24.9 Å². The average Bonchev–Trinajstić information content (AvgIpc) is 2.64. The molecule has 1 aromatic carbocycles. The van der Waals surface area contributed by atoms with Crippen LogP contribution in [0.3, 0.4) is 0 Å². The van der Waals surface area contributed by atoms with Crippen molar-refractivity contribution in [3.8, 4) is 0 Å². The van der Waals surface area contributed by atoms with Crippen LogP contribution in [0, 0.1) is 13.8 Å². The zero-order valence-corrected chi connectivity index (χ0v) is 10.2. The maximum Gasteiger partial charge on any atom is 0.183 e. The number of hydrogen-bond donors (Lipinski definition) is 1. The minimum atomic E-state index is 0.998. The minimum absolute atomic E-state index is 0.998. The Morgan fingerprint density at radius 1 is 1.33 bits per heavy atom. The highest BCUT2D eigenvalue weighted by molar-refractivity contribution is 7.22. The molecule has 80 valence electrons. The van der Waals surface area contributed by atoms with Crippen molar-refractivity contribution in [2.75, 3.05) is 11.9 Å². The number of nitrogens with one attached hydrogen (secondary N) is 1. The second-order valence-corrected chi connectivity index (χ2v) is 4.83. The van der Waals surface area contributed by atoms with Gasteiger partial charge in [0.15, 0.2) is 5.13 Å². The molecule has 3 heteroatoms. The van der Waals surface area contributed by atoms with Gasteiger partial charge >= 0.3 is 0 Å². The number of thiazole rings is 1. The lowest BCUT2D eigenvalue weighted by molar-refractivity contribution is 0.977. The second kappa shape index (κ2) is 4.19. The minimum Gasteiger partial charge on any atom is -0.361 e. The van der Waals surface area contributed by atoms with Gasteiger partial charge in [-0.25, -0.2) is 4.98 Å². The molecule has 0 fully saturated rings. The van der Waals surface area contributed by atoms with Crippen molar-refractivity contribution in [3.63, 3.8) is 0 Å². The second-order valence-electron chi connectivity index (χ2n) is 3.80. The van der Waals surface area contributed by atoms with E-state index in [-0.39, 0.29) is 0 Å². The van der Waals surface area contributed by atoms with Gasteiger partial charge in [-0.3, -0.25) is 0 Å². The molecule has 2 aromatic rings. The van der Waals surface area contributed by atoms with Crippen LogP contribution < -0.4 is 5.32 Å². The molecule has 0 saturated heterocycles. The molecule has 0 bridgehead atoms. The first-order chi connectivity index (χ1) is 7.22. The normalized spacial score (nSPS) is 10.9. The van der Waals surface area contributed by atoms with Crippen LogP contribution in [-0.2, 0) is 0 Å². The molecule has 0 unspecified atom stereocenters. The molecule has 0 aliphatic rings. The number of hydrogen-bond acceptors (Lipinski definition) is 3. The van der Waals surface area contributed by atoms with E-state index >= 15 is 0 Å². The standard InChI is InChI=1S/C12H16N2S/c1-4-7-13-12-14-11-9(3)8(2)5-6-10(11)15-12/h5-6H,4,7H2,1-3H3,(H,13,14). The van der Waals surface area contributed by atoms with Crippen LogP contribution in [0.5, 0.6) is 0 Å². The zero-order chi connectivity index (χ0) is 10.8. The van der Waals surface area contributed by atoms with Crippen molar-refractivity contribution in [3.05, 3.63) is 23.3 Å². The number of aromatic nitrogens is 1.